The molecule has 0 saturated heterocycles. The van der Waals surface area contributed by atoms with Crippen LogP contribution in [0.2, 0.25) is 0 Å². The second kappa shape index (κ2) is 8.94. The highest BCUT2D eigenvalue weighted by Crippen LogP contribution is 2.29. The first kappa shape index (κ1) is 19.3. The Morgan fingerprint density at radius 3 is 2.37 bits per heavy atom. The number of benzene rings is 1. The number of carbonyl (C=O) groups is 2. The van der Waals surface area contributed by atoms with Crippen LogP contribution < -0.4 is 10.6 Å². The van der Waals surface area contributed by atoms with Crippen molar-refractivity contribution < 1.29 is 14.7 Å². The molecule has 0 spiro atoms. The molecule has 0 aliphatic rings. The van der Waals surface area contributed by atoms with Crippen LogP contribution in [0.15, 0.2) is 53.2 Å². The topological polar surface area (TPSA) is 78.4 Å². The normalized spacial score (nSPS) is 11.8. The van der Waals surface area contributed by atoms with E-state index in [2.05, 4.69) is 10.6 Å². The lowest BCUT2D eigenvalue weighted by Crippen LogP contribution is -2.39. The van der Waals surface area contributed by atoms with Crippen molar-refractivity contribution >= 4 is 34.5 Å². The van der Waals surface area contributed by atoms with Crippen molar-refractivity contribution in [2.75, 3.05) is 0 Å². The predicted molar refractivity (Wildman–Crippen MR) is 108 cm³/mol. The minimum atomic E-state index is -0.671. The molecule has 7 heteroatoms. The third-order valence-corrected chi connectivity index (χ3v) is 5.85. The standard InChI is InChI=1S/C20H20N2O3S2/c1-13-2-4-14(5-3-13)10-21-19(24)20(25)22-11-16-6-7-17(27-16)18(23)15-8-9-26-12-15/h2-9,12,18,23H,10-11H2,1H3,(H,21,24)(H,22,25). The average Bonchev–Trinajstić information content (AvgIpc) is 3.37. The van der Waals surface area contributed by atoms with Gasteiger partial charge in [-0.15, -0.1) is 11.3 Å². The van der Waals surface area contributed by atoms with E-state index in [-0.39, 0.29) is 6.54 Å². The minimum absolute atomic E-state index is 0.248. The number of hydrogen-bond donors (Lipinski definition) is 3. The Morgan fingerprint density at radius 1 is 1.00 bits per heavy atom. The van der Waals surface area contributed by atoms with Crippen LogP contribution in [0.5, 0.6) is 0 Å². The van der Waals surface area contributed by atoms with Crippen LogP contribution in [0.1, 0.15) is 32.5 Å². The molecule has 3 aromatic rings. The Bertz CT molecular complexity index is 902. The molecule has 3 rings (SSSR count). The summed E-state index contributed by atoms with van der Waals surface area (Å²) in [6, 6.07) is 13.3. The highest BCUT2D eigenvalue weighted by Gasteiger charge is 2.16. The molecule has 1 atom stereocenters. The van der Waals surface area contributed by atoms with E-state index in [9.17, 15) is 14.7 Å². The third kappa shape index (κ3) is 5.26. The monoisotopic (exact) mass is 400 g/mol. The zero-order valence-corrected chi connectivity index (χ0v) is 16.4. The summed E-state index contributed by atoms with van der Waals surface area (Å²) in [5.41, 5.74) is 2.93. The van der Waals surface area contributed by atoms with Crippen LogP contribution in [0, 0.1) is 6.92 Å². The van der Waals surface area contributed by atoms with Crippen LogP contribution in [0.4, 0.5) is 0 Å². The summed E-state index contributed by atoms with van der Waals surface area (Å²) < 4.78 is 0. The van der Waals surface area contributed by atoms with Crippen molar-refractivity contribution in [1.82, 2.24) is 10.6 Å². The molecule has 3 N–H and O–H groups in total. The highest BCUT2D eigenvalue weighted by atomic mass is 32.1. The van der Waals surface area contributed by atoms with E-state index in [0.29, 0.717) is 6.54 Å². The summed E-state index contributed by atoms with van der Waals surface area (Å²) in [7, 11) is 0. The molecule has 0 aliphatic carbocycles. The van der Waals surface area contributed by atoms with Gasteiger partial charge in [-0.1, -0.05) is 29.8 Å². The summed E-state index contributed by atoms with van der Waals surface area (Å²) in [5, 5.41) is 19.4. The van der Waals surface area contributed by atoms with Gasteiger partial charge in [-0.3, -0.25) is 9.59 Å². The molecule has 27 heavy (non-hydrogen) atoms. The van der Waals surface area contributed by atoms with Crippen molar-refractivity contribution in [2.24, 2.45) is 0 Å². The smallest absolute Gasteiger partial charge is 0.309 e. The van der Waals surface area contributed by atoms with Crippen LogP contribution in [-0.2, 0) is 22.7 Å². The third-order valence-electron chi connectivity index (χ3n) is 4.01. The van der Waals surface area contributed by atoms with Gasteiger partial charge in [-0.25, -0.2) is 0 Å². The molecule has 0 fully saturated rings. The number of thiophene rings is 2. The molecule has 0 bridgehead atoms. The summed E-state index contributed by atoms with van der Waals surface area (Å²) in [5.74, 6) is -1.33. The summed E-state index contributed by atoms with van der Waals surface area (Å²) in [6.45, 7) is 2.55. The molecular formula is C20H20N2O3S2. The van der Waals surface area contributed by atoms with Gasteiger partial charge in [0.2, 0.25) is 0 Å². The zero-order valence-electron chi connectivity index (χ0n) is 14.8. The second-order valence-corrected chi connectivity index (χ2v) is 8.09. The largest absolute Gasteiger partial charge is 0.383 e. The first-order valence-corrected chi connectivity index (χ1v) is 10.2. The van der Waals surface area contributed by atoms with Gasteiger partial charge >= 0.3 is 11.8 Å². The molecule has 2 amide bonds. The van der Waals surface area contributed by atoms with Gasteiger partial charge in [0.15, 0.2) is 0 Å². The fourth-order valence-corrected chi connectivity index (χ4v) is 4.09. The number of rotatable bonds is 6. The Labute approximate surface area is 165 Å². The molecular weight excluding hydrogens is 380 g/mol. The van der Waals surface area contributed by atoms with Gasteiger partial charge in [0.05, 0.1) is 6.54 Å². The minimum Gasteiger partial charge on any atom is -0.383 e. The maximum atomic E-state index is 12.0. The number of carbonyl (C=O) groups excluding carboxylic acids is 2. The van der Waals surface area contributed by atoms with Crippen molar-refractivity contribution in [3.63, 3.8) is 0 Å². The van der Waals surface area contributed by atoms with Gasteiger partial charge in [0, 0.05) is 16.3 Å². The fourth-order valence-electron chi connectivity index (χ4n) is 2.45. The SMILES string of the molecule is Cc1ccc(CNC(=O)C(=O)NCc2ccc(C(O)c3ccsc3)s2)cc1. The lowest BCUT2D eigenvalue weighted by Gasteiger charge is -2.07. The van der Waals surface area contributed by atoms with Crippen molar-refractivity contribution in [2.45, 2.75) is 26.1 Å². The van der Waals surface area contributed by atoms with Gasteiger partial charge in [-0.05, 0) is 47.0 Å². The average molecular weight is 401 g/mol. The lowest BCUT2D eigenvalue weighted by molar-refractivity contribution is -0.139. The lowest BCUT2D eigenvalue weighted by atomic mass is 10.1. The molecule has 140 valence electrons. The zero-order chi connectivity index (χ0) is 19.2. The molecule has 0 aliphatic heterocycles. The van der Waals surface area contributed by atoms with E-state index >= 15 is 0 Å². The predicted octanol–water partition coefficient (Wildman–Crippen LogP) is 3.13. The van der Waals surface area contributed by atoms with E-state index in [1.54, 1.807) is 0 Å². The Hall–Kier alpha value is -2.48. The molecule has 0 radical (unpaired) electrons. The van der Waals surface area contributed by atoms with Gasteiger partial charge in [0.1, 0.15) is 6.10 Å². The molecule has 1 aromatic carbocycles. The molecule has 0 saturated carbocycles. The second-order valence-electron chi connectivity index (χ2n) is 6.11. The van der Waals surface area contributed by atoms with Crippen LogP contribution in [-0.4, -0.2) is 16.9 Å². The Balaban J connectivity index is 1.47. The van der Waals surface area contributed by atoms with Gasteiger partial charge in [-0.2, -0.15) is 11.3 Å². The quantitative estimate of drug-likeness (QED) is 0.556. The number of aryl methyl sites for hydroxylation is 1. The Kier molecular flexibility index (Phi) is 6.39. The van der Waals surface area contributed by atoms with E-state index in [4.69, 9.17) is 0 Å². The highest BCUT2D eigenvalue weighted by molar-refractivity contribution is 7.12. The van der Waals surface area contributed by atoms with E-state index in [0.717, 1.165) is 26.4 Å². The van der Waals surface area contributed by atoms with Crippen molar-refractivity contribution in [3.8, 4) is 0 Å². The Morgan fingerprint density at radius 2 is 1.70 bits per heavy atom. The molecule has 2 heterocycles. The number of amides is 2. The van der Waals surface area contributed by atoms with Crippen molar-refractivity contribution in [3.05, 3.63) is 79.7 Å². The number of hydrogen-bond acceptors (Lipinski definition) is 5. The molecule has 2 aromatic heterocycles. The van der Waals surface area contributed by atoms with Gasteiger partial charge in [0.25, 0.3) is 0 Å². The maximum Gasteiger partial charge on any atom is 0.309 e. The first-order valence-electron chi connectivity index (χ1n) is 8.43. The summed E-state index contributed by atoms with van der Waals surface area (Å²) in [4.78, 5) is 25.5. The van der Waals surface area contributed by atoms with E-state index < -0.39 is 17.9 Å². The van der Waals surface area contributed by atoms with Crippen molar-refractivity contribution in [1.29, 1.82) is 0 Å². The first-order chi connectivity index (χ1) is 13.0. The number of nitrogens with one attached hydrogen (secondary N) is 2. The van der Waals surface area contributed by atoms with Crippen LogP contribution >= 0.6 is 22.7 Å². The van der Waals surface area contributed by atoms with Crippen LogP contribution in [0.25, 0.3) is 0 Å². The molecule has 1 unspecified atom stereocenters. The fraction of sp³-hybridized carbons (Fsp3) is 0.200. The van der Waals surface area contributed by atoms with E-state index in [1.807, 2.05) is 60.1 Å². The van der Waals surface area contributed by atoms with Crippen LogP contribution in [0.3, 0.4) is 0 Å². The molecule has 5 nitrogen and oxygen atoms in total. The summed E-state index contributed by atoms with van der Waals surface area (Å²) in [6.07, 6.45) is -0.663. The maximum absolute atomic E-state index is 12.0. The van der Waals surface area contributed by atoms with Gasteiger partial charge < -0.3 is 15.7 Å². The van der Waals surface area contributed by atoms with E-state index in [1.165, 1.54) is 22.7 Å². The number of aliphatic hydroxyl groups is 1. The number of aliphatic hydroxyl groups excluding tert-OH is 1. The summed E-state index contributed by atoms with van der Waals surface area (Å²) >= 11 is 2.95.